The van der Waals surface area contributed by atoms with Crippen molar-refractivity contribution in [2.24, 2.45) is 5.10 Å². The van der Waals surface area contributed by atoms with Crippen molar-refractivity contribution < 1.29 is 19.6 Å². The zero-order valence-electron chi connectivity index (χ0n) is 12.4. The number of nitro benzene ring substituents is 1. The van der Waals surface area contributed by atoms with E-state index < -0.39 is 10.8 Å². The Kier molecular flexibility index (Phi) is 5.48. The first kappa shape index (κ1) is 17.4. The smallest absolute Gasteiger partial charge is 0.271 e. The molecule has 124 valence electrons. The molecule has 2 N–H and O–H groups in total. The van der Waals surface area contributed by atoms with Gasteiger partial charge in [-0.05, 0) is 34.1 Å². The zero-order valence-corrected chi connectivity index (χ0v) is 14.0. The molecule has 0 spiro atoms. The van der Waals surface area contributed by atoms with Gasteiger partial charge in [-0.1, -0.05) is 6.07 Å². The molecule has 1 amide bonds. The maximum atomic E-state index is 11.9. The summed E-state index contributed by atoms with van der Waals surface area (Å²) in [7, 11) is 1.48. The Balaban J connectivity index is 2.14. The normalized spacial score (nSPS) is 10.6. The van der Waals surface area contributed by atoms with E-state index in [1.54, 1.807) is 6.07 Å². The number of ether oxygens (including phenoxy) is 1. The molecule has 0 atom stereocenters. The van der Waals surface area contributed by atoms with Crippen LogP contribution in [0.25, 0.3) is 0 Å². The molecule has 24 heavy (non-hydrogen) atoms. The summed E-state index contributed by atoms with van der Waals surface area (Å²) in [6, 6.07) is 8.37. The standard InChI is InChI=1S/C15H12BrN3O5/c1-24-12-6-10(14(20)13(16)7-12)8-17-18-15(21)9-3-2-4-11(5-9)19(22)23/h2-8,20H,1H3,(H,18,21)/b17-8-. The SMILES string of the molecule is COc1cc(Br)c(O)c(/C=N\NC(=O)c2cccc([N+](=O)[O-])c2)c1. The largest absolute Gasteiger partial charge is 0.506 e. The molecule has 0 aliphatic carbocycles. The van der Waals surface area contributed by atoms with Crippen LogP contribution in [-0.2, 0) is 0 Å². The van der Waals surface area contributed by atoms with Crippen LogP contribution in [0.5, 0.6) is 11.5 Å². The predicted octanol–water partition coefficient (Wildman–Crippen LogP) is 2.84. The van der Waals surface area contributed by atoms with Gasteiger partial charge in [0.25, 0.3) is 11.6 Å². The van der Waals surface area contributed by atoms with E-state index in [0.29, 0.717) is 15.8 Å². The first-order valence-corrected chi connectivity index (χ1v) is 7.36. The van der Waals surface area contributed by atoms with Gasteiger partial charge in [-0.15, -0.1) is 0 Å². The number of halogens is 1. The van der Waals surface area contributed by atoms with E-state index in [1.807, 2.05) is 0 Å². The summed E-state index contributed by atoms with van der Waals surface area (Å²) >= 11 is 3.17. The van der Waals surface area contributed by atoms with Crippen LogP contribution in [0.2, 0.25) is 0 Å². The van der Waals surface area contributed by atoms with Crippen LogP contribution in [0.1, 0.15) is 15.9 Å². The number of nitro groups is 1. The van der Waals surface area contributed by atoms with Crippen LogP contribution < -0.4 is 10.2 Å². The van der Waals surface area contributed by atoms with Crippen molar-refractivity contribution in [2.45, 2.75) is 0 Å². The van der Waals surface area contributed by atoms with Crippen molar-refractivity contribution in [3.8, 4) is 11.5 Å². The summed E-state index contributed by atoms with van der Waals surface area (Å²) in [4.78, 5) is 22.1. The molecular weight excluding hydrogens is 382 g/mol. The molecule has 8 nitrogen and oxygen atoms in total. The Labute approximate surface area is 145 Å². The van der Waals surface area contributed by atoms with Gasteiger partial charge in [0, 0.05) is 23.3 Å². The van der Waals surface area contributed by atoms with Gasteiger partial charge in [-0.25, -0.2) is 5.43 Å². The number of carbonyl (C=O) groups excluding carboxylic acids is 1. The van der Waals surface area contributed by atoms with Gasteiger partial charge in [-0.2, -0.15) is 5.10 Å². The molecule has 0 aliphatic heterocycles. The lowest BCUT2D eigenvalue weighted by molar-refractivity contribution is -0.384. The average molecular weight is 394 g/mol. The summed E-state index contributed by atoms with van der Waals surface area (Å²) in [6.07, 6.45) is 1.23. The van der Waals surface area contributed by atoms with Crippen LogP contribution in [-0.4, -0.2) is 29.3 Å². The van der Waals surface area contributed by atoms with Crippen molar-refractivity contribution >= 4 is 33.7 Å². The highest BCUT2D eigenvalue weighted by molar-refractivity contribution is 9.10. The molecule has 0 fully saturated rings. The van der Waals surface area contributed by atoms with E-state index in [4.69, 9.17) is 4.74 Å². The third kappa shape index (κ3) is 4.07. The molecule has 0 radical (unpaired) electrons. The minimum Gasteiger partial charge on any atom is -0.506 e. The molecular formula is C15H12BrN3O5. The molecule has 0 heterocycles. The van der Waals surface area contributed by atoms with Crippen molar-refractivity contribution in [3.05, 3.63) is 62.1 Å². The van der Waals surface area contributed by atoms with Gasteiger partial charge >= 0.3 is 0 Å². The van der Waals surface area contributed by atoms with E-state index >= 15 is 0 Å². The van der Waals surface area contributed by atoms with E-state index in [-0.39, 0.29) is 17.0 Å². The summed E-state index contributed by atoms with van der Waals surface area (Å²) in [5, 5.41) is 24.4. The average Bonchev–Trinajstić information content (AvgIpc) is 2.58. The van der Waals surface area contributed by atoms with Crippen LogP contribution in [0.15, 0.2) is 46.0 Å². The number of methoxy groups -OCH3 is 1. The zero-order chi connectivity index (χ0) is 17.7. The summed E-state index contributed by atoms with van der Waals surface area (Å²) in [6.45, 7) is 0. The number of hydrogen-bond acceptors (Lipinski definition) is 6. The quantitative estimate of drug-likeness (QED) is 0.460. The maximum Gasteiger partial charge on any atom is 0.271 e. The Hall–Kier alpha value is -2.94. The number of non-ortho nitro benzene ring substituents is 1. The van der Waals surface area contributed by atoms with Crippen molar-refractivity contribution in [1.82, 2.24) is 5.43 Å². The molecule has 2 rings (SSSR count). The number of phenolic OH excluding ortho intramolecular Hbond substituents is 1. The first-order valence-electron chi connectivity index (χ1n) is 6.56. The van der Waals surface area contributed by atoms with Crippen molar-refractivity contribution in [2.75, 3.05) is 7.11 Å². The maximum absolute atomic E-state index is 11.9. The van der Waals surface area contributed by atoms with Crippen molar-refractivity contribution in [3.63, 3.8) is 0 Å². The molecule has 0 bridgehead atoms. The predicted molar refractivity (Wildman–Crippen MR) is 90.5 cm³/mol. The highest BCUT2D eigenvalue weighted by atomic mass is 79.9. The van der Waals surface area contributed by atoms with Gasteiger partial charge in [0.1, 0.15) is 11.5 Å². The molecule has 2 aromatic rings. The van der Waals surface area contributed by atoms with Gasteiger partial charge < -0.3 is 9.84 Å². The molecule has 9 heteroatoms. The fraction of sp³-hybridized carbons (Fsp3) is 0.0667. The Morgan fingerprint density at radius 3 is 2.83 bits per heavy atom. The second kappa shape index (κ2) is 7.55. The number of aromatic hydroxyl groups is 1. The van der Waals surface area contributed by atoms with Gasteiger partial charge in [-0.3, -0.25) is 14.9 Å². The molecule has 0 unspecified atom stereocenters. The number of benzene rings is 2. The van der Waals surface area contributed by atoms with Crippen molar-refractivity contribution in [1.29, 1.82) is 0 Å². The number of hydrazone groups is 1. The lowest BCUT2D eigenvalue weighted by Crippen LogP contribution is -2.17. The van der Waals surface area contributed by atoms with Gasteiger partial charge in [0.2, 0.25) is 0 Å². The highest BCUT2D eigenvalue weighted by Crippen LogP contribution is 2.31. The minimum atomic E-state index is -0.614. The number of nitrogens with one attached hydrogen (secondary N) is 1. The van der Waals surface area contributed by atoms with Crippen LogP contribution >= 0.6 is 15.9 Å². The van der Waals surface area contributed by atoms with E-state index in [1.165, 1.54) is 37.6 Å². The number of hydrogen-bond donors (Lipinski definition) is 2. The second-order valence-electron chi connectivity index (χ2n) is 4.55. The Morgan fingerprint density at radius 1 is 1.42 bits per heavy atom. The topological polar surface area (TPSA) is 114 Å². The third-order valence-electron chi connectivity index (χ3n) is 2.99. The van der Waals surface area contributed by atoms with Crippen LogP contribution in [0, 0.1) is 10.1 Å². The molecule has 0 aliphatic rings. The van der Waals surface area contributed by atoms with Crippen LogP contribution in [0.4, 0.5) is 5.69 Å². The lowest BCUT2D eigenvalue weighted by atomic mass is 10.2. The Morgan fingerprint density at radius 2 is 2.17 bits per heavy atom. The second-order valence-corrected chi connectivity index (χ2v) is 5.41. The van der Waals surface area contributed by atoms with Gasteiger partial charge in [0.15, 0.2) is 0 Å². The summed E-state index contributed by atoms with van der Waals surface area (Å²) in [5.74, 6) is -0.188. The molecule has 0 saturated heterocycles. The fourth-order valence-corrected chi connectivity index (χ4v) is 2.25. The highest BCUT2D eigenvalue weighted by Gasteiger charge is 2.11. The molecule has 2 aromatic carbocycles. The summed E-state index contributed by atoms with van der Waals surface area (Å²) in [5.41, 5.74) is 2.46. The number of rotatable bonds is 5. The Bertz CT molecular complexity index is 823. The number of carbonyl (C=O) groups is 1. The van der Waals surface area contributed by atoms with Gasteiger partial charge in [0.05, 0.1) is 22.7 Å². The first-order chi connectivity index (χ1) is 11.4. The number of nitrogens with zero attached hydrogens (tertiary/aromatic N) is 2. The number of amides is 1. The fourth-order valence-electron chi connectivity index (χ4n) is 1.80. The lowest BCUT2D eigenvalue weighted by Gasteiger charge is -2.06. The summed E-state index contributed by atoms with van der Waals surface area (Å²) < 4.78 is 5.48. The number of phenols is 1. The third-order valence-corrected chi connectivity index (χ3v) is 3.60. The van der Waals surface area contributed by atoms with E-state index in [0.717, 1.165) is 6.07 Å². The molecule has 0 saturated carbocycles. The van der Waals surface area contributed by atoms with E-state index in [9.17, 15) is 20.0 Å². The minimum absolute atomic E-state index is 0.0656. The molecule has 0 aromatic heterocycles. The monoisotopic (exact) mass is 393 g/mol. The van der Waals surface area contributed by atoms with Crippen LogP contribution in [0.3, 0.4) is 0 Å². The van der Waals surface area contributed by atoms with E-state index in [2.05, 4.69) is 26.5 Å².